The number of nitrogens with zero attached hydrogens (tertiary/aromatic N) is 3. The second-order valence-corrected chi connectivity index (χ2v) is 10.7. The summed E-state index contributed by atoms with van der Waals surface area (Å²) < 4.78 is 1.63. The van der Waals surface area contributed by atoms with E-state index in [1.807, 2.05) is 106 Å². The quantitative estimate of drug-likeness (QED) is 0.251. The largest absolute Gasteiger partial charge is 0.333 e. The van der Waals surface area contributed by atoms with Gasteiger partial charge in [0.2, 0.25) is 5.91 Å². The lowest BCUT2D eigenvalue weighted by Crippen LogP contribution is -2.46. The van der Waals surface area contributed by atoms with Crippen LogP contribution in [0, 0.1) is 13.8 Å². The fourth-order valence-electron chi connectivity index (χ4n) is 3.97. The molecule has 0 atom stereocenters. The summed E-state index contributed by atoms with van der Waals surface area (Å²) in [4.78, 5) is 33.7. The molecule has 4 aromatic rings. The summed E-state index contributed by atoms with van der Waals surface area (Å²) in [6, 6.07) is 23.3. The second kappa shape index (κ2) is 10.1. The third kappa shape index (κ3) is 5.49. The standard InChI is InChI=1S/C29H31N3O2S/c1-20-15-16-23(17-21(20)2)32-27(34)24-13-9-10-14-25(24)30-28(32)35-19-26(33)31(29(3,4)5)18-22-11-7-6-8-12-22/h6-17H,18-19H2,1-5H3. The van der Waals surface area contributed by atoms with Gasteiger partial charge in [-0.25, -0.2) is 4.98 Å². The van der Waals surface area contributed by atoms with Gasteiger partial charge in [0.05, 0.1) is 22.3 Å². The molecule has 0 aliphatic rings. The summed E-state index contributed by atoms with van der Waals surface area (Å²) in [5.74, 6) is 0.181. The van der Waals surface area contributed by atoms with Gasteiger partial charge in [0, 0.05) is 12.1 Å². The molecule has 0 fully saturated rings. The molecule has 4 rings (SSSR count). The Bertz CT molecular complexity index is 1420. The van der Waals surface area contributed by atoms with Gasteiger partial charge in [-0.15, -0.1) is 0 Å². The van der Waals surface area contributed by atoms with E-state index < -0.39 is 0 Å². The molecule has 3 aromatic carbocycles. The lowest BCUT2D eigenvalue weighted by molar-refractivity contribution is -0.133. The van der Waals surface area contributed by atoms with Crippen molar-refractivity contribution >= 4 is 28.6 Å². The van der Waals surface area contributed by atoms with Crippen LogP contribution in [-0.4, -0.2) is 31.6 Å². The molecule has 0 saturated carbocycles. The molecule has 0 aliphatic heterocycles. The van der Waals surface area contributed by atoms with Crippen molar-refractivity contribution in [3.8, 4) is 5.69 Å². The third-order valence-corrected chi connectivity index (χ3v) is 7.04. The maximum Gasteiger partial charge on any atom is 0.266 e. The predicted molar refractivity (Wildman–Crippen MR) is 144 cm³/mol. The third-order valence-electron chi connectivity index (χ3n) is 6.11. The van der Waals surface area contributed by atoms with E-state index in [4.69, 9.17) is 4.98 Å². The van der Waals surface area contributed by atoms with E-state index in [1.54, 1.807) is 10.6 Å². The number of amides is 1. The number of para-hydroxylation sites is 1. The number of benzene rings is 3. The molecule has 0 unspecified atom stereocenters. The van der Waals surface area contributed by atoms with Crippen molar-refractivity contribution in [2.75, 3.05) is 5.75 Å². The highest BCUT2D eigenvalue weighted by Crippen LogP contribution is 2.25. The van der Waals surface area contributed by atoms with Crippen LogP contribution >= 0.6 is 11.8 Å². The first-order chi connectivity index (χ1) is 16.6. The normalized spacial score (nSPS) is 11.6. The average Bonchev–Trinajstić information content (AvgIpc) is 2.83. The molecule has 180 valence electrons. The predicted octanol–water partition coefficient (Wildman–Crippen LogP) is 5.92. The maximum atomic E-state index is 13.5. The van der Waals surface area contributed by atoms with Crippen molar-refractivity contribution in [1.29, 1.82) is 0 Å². The molecule has 0 saturated heterocycles. The van der Waals surface area contributed by atoms with Gasteiger partial charge in [0.25, 0.3) is 5.56 Å². The Labute approximate surface area is 210 Å². The summed E-state index contributed by atoms with van der Waals surface area (Å²) >= 11 is 1.30. The van der Waals surface area contributed by atoms with Gasteiger partial charge in [-0.2, -0.15) is 0 Å². The molecular formula is C29H31N3O2S. The molecule has 0 bridgehead atoms. The summed E-state index contributed by atoms with van der Waals surface area (Å²) in [6.45, 7) is 10.7. The molecule has 1 heterocycles. The van der Waals surface area contributed by atoms with Gasteiger partial charge < -0.3 is 4.90 Å². The van der Waals surface area contributed by atoms with Crippen LogP contribution in [0.15, 0.2) is 82.7 Å². The lowest BCUT2D eigenvalue weighted by atomic mass is 10.0. The van der Waals surface area contributed by atoms with Crippen molar-refractivity contribution in [3.05, 3.63) is 99.8 Å². The fraction of sp³-hybridized carbons (Fsp3) is 0.276. The van der Waals surface area contributed by atoms with Crippen LogP contribution in [0.4, 0.5) is 0 Å². The molecule has 0 N–H and O–H groups in total. The minimum absolute atomic E-state index is 0.000368. The number of hydrogen-bond acceptors (Lipinski definition) is 4. The topological polar surface area (TPSA) is 55.2 Å². The zero-order valence-corrected chi connectivity index (χ0v) is 21.7. The van der Waals surface area contributed by atoms with Crippen LogP contribution < -0.4 is 5.56 Å². The molecule has 0 spiro atoms. The first-order valence-corrected chi connectivity index (χ1v) is 12.7. The van der Waals surface area contributed by atoms with Gasteiger partial charge in [-0.1, -0.05) is 60.3 Å². The Morgan fingerprint density at radius 2 is 1.63 bits per heavy atom. The van der Waals surface area contributed by atoms with E-state index in [2.05, 4.69) is 0 Å². The second-order valence-electron chi connectivity index (χ2n) is 9.75. The zero-order chi connectivity index (χ0) is 25.2. The molecular weight excluding hydrogens is 454 g/mol. The highest BCUT2D eigenvalue weighted by atomic mass is 32.2. The first kappa shape index (κ1) is 24.7. The first-order valence-electron chi connectivity index (χ1n) is 11.7. The fourth-order valence-corrected chi connectivity index (χ4v) is 4.86. The van der Waals surface area contributed by atoms with E-state index in [9.17, 15) is 9.59 Å². The molecule has 1 aromatic heterocycles. The van der Waals surface area contributed by atoms with Crippen LogP contribution in [-0.2, 0) is 11.3 Å². The van der Waals surface area contributed by atoms with E-state index in [1.165, 1.54) is 11.8 Å². The number of aromatic nitrogens is 2. The molecule has 5 nitrogen and oxygen atoms in total. The zero-order valence-electron chi connectivity index (χ0n) is 20.9. The van der Waals surface area contributed by atoms with E-state index in [0.29, 0.717) is 22.6 Å². The number of aryl methyl sites for hydroxylation is 2. The number of fused-ring (bicyclic) bond motifs is 1. The summed E-state index contributed by atoms with van der Waals surface area (Å²) in [7, 11) is 0. The summed E-state index contributed by atoms with van der Waals surface area (Å²) in [6.07, 6.45) is 0. The monoisotopic (exact) mass is 485 g/mol. The van der Waals surface area contributed by atoms with Crippen LogP contribution in [0.1, 0.15) is 37.5 Å². The summed E-state index contributed by atoms with van der Waals surface area (Å²) in [5.41, 5.74) is 4.23. The number of carbonyl (C=O) groups excluding carboxylic acids is 1. The highest BCUT2D eigenvalue weighted by molar-refractivity contribution is 7.99. The summed E-state index contributed by atoms with van der Waals surface area (Å²) in [5, 5.41) is 1.07. The van der Waals surface area contributed by atoms with Crippen molar-refractivity contribution in [2.45, 2.75) is 51.9 Å². The molecule has 0 radical (unpaired) electrons. The Balaban J connectivity index is 1.70. The number of hydrogen-bond donors (Lipinski definition) is 0. The Morgan fingerprint density at radius 3 is 2.31 bits per heavy atom. The van der Waals surface area contributed by atoms with E-state index in [-0.39, 0.29) is 22.8 Å². The van der Waals surface area contributed by atoms with Crippen LogP contribution in [0.5, 0.6) is 0 Å². The molecule has 6 heteroatoms. The van der Waals surface area contributed by atoms with Gasteiger partial charge in [-0.3, -0.25) is 14.2 Å². The van der Waals surface area contributed by atoms with Gasteiger partial charge in [-0.05, 0) is 75.6 Å². The number of thioether (sulfide) groups is 1. The van der Waals surface area contributed by atoms with Gasteiger partial charge in [0.1, 0.15) is 0 Å². The minimum Gasteiger partial charge on any atom is -0.333 e. The van der Waals surface area contributed by atoms with Crippen LogP contribution in [0.2, 0.25) is 0 Å². The number of carbonyl (C=O) groups is 1. The average molecular weight is 486 g/mol. The van der Waals surface area contributed by atoms with Crippen molar-refractivity contribution in [2.24, 2.45) is 0 Å². The van der Waals surface area contributed by atoms with Crippen molar-refractivity contribution in [1.82, 2.24) is 14.5 Å². The lowest BCUT2D eigenvalue weighted by Gasteiger charge is -2.36. The van der Waals surface area contributed by atoms with Gasteiger partial charge >= 0.3 is 0 Å². The number of rotatable bonds is 6. The van der Waals surface area contributed by atoms with Crippen LogP contribution in [0.25, 0.3) is 16.6 Å². The van der Waals surface area contributed by atoms with Gasteiger partial charge in [0.15, 0.2) is 5.16 Å². The Hall–Kier alpha value is -3.38. The van der Waals surface area contributed by atoms with E-state index in [0.717, 1.165) is 22.4 Å². The molecule has 35 heavy (non-hydrogen) atoms. The SMILES string of the molecule is Cc1ccc(-n2c(SCC(=O)N(Cc3ccccc3)C(C)(C)C)nc3ccccc3c2=O)cc1C. The minimum atomic E-state index is -0.349. The Morgan fingerprint density at radius 1 is 0.943 bits per heavy atom. The van der Waals surface area contributed by atoms with Crippen molar-refractivity contribution in [3.63, 3.8) is 0 Å². The molecule has 1 amide bonds. The van der Waals surface area contributed by atoms with Crippen LogP contribution in [0.3, 0.4) is 0 Å². The smallest absolute Gasteiger partial charge is 0.266 e. The maximum absolute atomic E-state index is 13.5. The van der Waals surface area contributed by atoms with E-state index >= 15 is 0 Å². The molecule has 0 aliphatic carbocycles. The highest BCUT2D eigenvalue weighted by Gasteiger charge is 2.27. The Kier molecular flexibility index (Phi) is 7.13. The van der Waals surface area contributed by atoms with Crippen molar-refractivity contribution < 1.29 is 4.79 Å².